The van der Waals surface area contributed by atoms with Crippen molar-refractivity contribution in [3.05, 3.63) is 29.0 Å². The van der Waals surface area contributed by atoms with Gasteiger partial charge >= 0.3 is 12.1 Å². The quantitative estimate of drug-likeness (QED) is 0.826. The average molecular weight is 350 g/mol. The molecule has 0 bridgehead atoms. The highest BCUT2D eigenvalue weighted by Crippen LogP contribution is 2.25. The molecule has 1 aromatic rings. The maximum atomic E-state index is 13.6. The van der Waals surface area contributed by atoms with Crippen LogP contribution in [0.4, 0.5) is 17.6 Å². The number of carbonyl (C=O) groups is 1. The smallest absolute Gasteiger partial charge is 0.402 e. The molecule has 0 aliphatic carbocycles. The minimum absolute atomic E-state index is 0.160. The van der Waals surface area contributed by atoms with Gasteiger partial charge in [0.25, 0.3) is 0 Å². The Labute approximate surface area is 121 Å². The summed E-state index contributed by atoms with van der Waals surface area (Å²) in [5, 5.41) is 8.36. The molecule has 1 rings (SSSR count). The standard InChI is InChI=1S/C10H8ClF4NO4S/c11-6-1-2-8(7(12)3-6)21(19,20)16(4-9(17)18)5-10(13,14)15/h1-3H,4-5H2,(H,17,18). The van der Waals surface area contributed by atoms with E-state index in [1.165, 1.54) is 0 Å². The lowest BCUT2D eigenvalue weighted by Gasteiger charge is -2.21. The number of carboxylic acid groups (broad SMARTS) is 1. The van der Waals surface area contributed by atoms with Crippen LogP contribution in [0.25, 0.3) is 0 Å². The minimum atomic E-state index is -4.98. The van der Waals surface area contributed by atoms with E-state index < -0.39 is 46.0 Å². The summed E-state index contributed by atoms with van der Waals surface area (Å²) in [5.41, 5.74) is 0. The first kappa shape index (κ1) is 17.7. The number of hydrogen-bond donors (Lipinski definition) is 1. The minimum Gasteiger partial charge on any atom is -0.480 e. The Morgan fingerprint density at radius 1 is 1.33 bits per heavy atom. The molecule has 11 heteroatoms. The number of rotatable bonds is 5. The summed E-state index contributed by atoms with van der Waals surface area (Å²) in [5.74, 6) is -3.18. The second kappa shape index (κ2) is 6.16. The van der Waals surface area contributed by atoms with Gasteiger partial charge in [0.1, 0.15) is 23.8 Å². The zero-order chi connectivity index (χ0) is 16.4. The van der Waals surface area contributed by atoms with Crippen molar-refractivity contribution in [3.8, 4) is 0 Å². The summed E-state index contributed by atoms with van der Waals surface area (Å²) < 4.78 is 74.2. The van der Waals surface area contributed by atoms with Gasteiger partial charge in [-0.15, -0.1) is 0 Å². The summed E-state index contributed by atoms with van der Waals surface area (Å²) >= 11 is 5.41. The fraction of sp³-hybridized carbons (Fsp3) is 0.300. The van der Waals surface area contributed by atoms with Crippen LogP contribution in [0.2, 0.25) is 5.02 Å². The maximum absolute atomic E-state index is 13.6. The first-order valence-electron chi connectivity index (χ1n) is 5.17. The number of benzene rings is 1. The Balaban J connectivity index is 3.29. The van der Waals surface area contributed by atoms with Crippen molar-refractivity contribution in [1.29, 1.82) is 0 Å². The normalized spacial score (nSPS) is 12.7. The highest BCUT2D eigenvalue weighted by molar-refractivity contribution is 7.89. The summed E-state index contributed by atoms with van der Waals surface area (Å²) in [6.45, 7) is -3.51. The van der Waals surface area contributed by atoms with Gasteiger partial charge in [0.2, 0.25) is 10.0 Å². The molecule has 0 unspecified atom stereocenters. The van der Waals surface area contributed by atoms with E-state index in [-0.39, 0.29) is 9.33 Å². The van der Waals surface area contributed by atoms with E-state index in [4.69, 9.17) is 16.7 Å². The Bertz CT molecular complexity index is 647. The zero-order valence-corrected chi connectivity index (χ0v) is 11.6. The number of carboxylic acids is 1. The second-order valence-electron chi connectivity index (χ2n) is 3.86. The molecule has 0 fully saturated rings. The second-order valence-corrected chi connectivity index (χ2v) is 6.20. The van der Waals surface area contributed by atoms with E-state index in [0.717, 1.165) is 6.07 Å². The van der Waals surface area contributed by atoms with Crippen molar-refractivity contribution in [1.82, 2.24) is 4.31 Å². The Hall–Kier alpha value is -1.39. The molecule has 0 radical (unpaired) electrons. The summed E-state index contributed by atoms with van der Waals surface area (Å²) in [6.07, 6.45) is -4.98. The summed E-state index contributed by atoms with van der Waals surface area (Å²) in [6, 6.07) is 2.23. The van der Waals surface area contributed by atoms with Gasteiger partial charge in [-0.1, -0.05) is 11.6 Å². The van der Waals surface area contributed by atoms with Crippen LogP contribution in [0.1, 0.15) is 0 Å². The molecule has 0 aliphatic heterocycles. The molecule has 0 aromatic heterocycles. The molecule has 5 nitrogen and oxygen atoms in total. The van der Waals surface area contributed by atoms with E-state index in [0.29, 0.717) is 12.1 Å². The van der Waals surface area contributed by atoms with Crippen LogP contribution >= 0.6 is 11.6 Å². The topological polar surface area (TPSA) is 74.7 Å². The molecule has 0 saturated heterocycles. The third kappa shape index (κ3) is 4.83. The number of alkyl halides is 3. The van der Waals surface area contributed by atoms with Gasteiger partial charge in [0.05, 0.1) is 0 Å². The highest BCUT2D eigenvalue weighted by atomic mass is 35.5. The van der Waals surface area contributed by atoms with Crippen molar-refractivity contribution in [3.63, 3.8) is 0 Å². The molecular formula is C10H8ClF4NO4S. The van der Waals surface area contributed by atoms with Crippen LogP contribution in [0, 0.1) is 5.82 Å². The lowest BCUT2D eigenvalue weighted by Crippen LogP contribution is -2.42. The average Bonchev–Trinajstić information content (AvgIpc) is 2.24. The van der Waals surface area contributed by atoms with Crippen molar-refractivity contribution < 1.29 is 35.9 Å². The predicted molar refractivity (Wildman–Crippen MR) is 63.9 cm³/mol. The SMILES string of the molecule is O=C(O)CN(CC(F)(F)F)S(=O)(=O)c1ccc(Cl)cc1F. The summed E-state index contributed by atoms with van der Waals surface area (Å²) in [4.78, 5) is 9.44. The number of aliphatic carboxylic acids is 1. The van der Waals surface area contributed by atoms with Gasteiger partial charge in [-0.2, -0.15) is 17.5 Å². The van der Waals surface area contributed by atoms with Gasteiger partial charge in [-0.05, 0) is 18.2 Å². The first-order chi connectivity index (χ1) is 9.43. The molecule has 0 aliphatic rings. The van der Waals surface area contributed by atoms with Crippen LogP contribution in [0.15, 0.2) is 23.1 Å². The monoisotopic (exact) mass is 349 g/mol. The molecule has 0 saturated carbocycles. The van der Waals surface area contributed by atoms with Gasteiger partial charge in [0.15, 0.2) is 0 Å². The number of halogens is 5. The van der Waals surface area contributed by atoms with Crippen molar-refractivity contribution >= 4 is 27.6 Å². The van der Waals surface area contributed by atoms with Gasteiger partial charge in [0, 0.05) is 5.02 Å². The highest BCUT2D eigenvalue weighted by Gasteiger charge is 2.39. The third-order valence-electron chi connectivity index (χ3n) is 2.18. The fourth-order valence-electron chi connectivity index (χ4n) is 1.40. The molecule has 1 N–H and O–H groups in total. The molecule has 21 heavy (non-hydrogen) atoms. The summed E-state index contributed by atoms with van der Waals surface area (Å²) in [7, 11) is -4.98. The molecule has 0 heterocycles. The Morgan fingerprint density at radius 3 is 2.33 bits per heavy atom. The van der Waals surface area contributed by atoms with Crippen LogP contribution < -0.4 is 0 Å². The predicted octanol–water partition coefficient (Wildman–Crippen LogP) is 2.12. The van der Waals surface area contributed by atoms with E-state index >= 15 is 0 Å². The van der Waals surface area contributed by atoms with Gasteiger partial charge < -0.3 is 5.11 Å². The molecular weight excluding hydrogens is 342 g/mol. The fourth-order valence-corrected chi connectivity index (χ4v) is 2.98. The zero-order valence-electron chi connectivity index (χ0n) is 10.1. The number of hydrogen-bond acceptors (Lipinski definition) is 3. The van der Waals surface area contributed by atoms with E-state index in [1.807, 2.05) is 0 Å². The molecule has 1 aromatic carbocycles. The van der Waals surface area contributed by atoms with Crippen molar-refractivity contribution in [2.45, 2.75) is 11.1 Å². The largest absolute Gasteiger partial charge is 0.480 e. The van der Waals surface area contributed by atoms with Crippen LogP contribution in [0.3, 0.4) is 0 Å². The van der Waals surface area contributed by atoms with Crippen LogP contribution in [-0.2, 0) is 14.8 Å². The molecule has 118 valence electrons. The van der Waals surface area contributed by atoms with Crippen molar-refractivity contribution in [2.75, 3.05) is 13.1 Å². The van der Waals surface area contributed by atoms with Crippen LogP contribution in [-0.4, -0.2) is 43.1 Å². The third-order valence-corrected chi connectivity index (χ3v) is 4.24. The first-order valence-corrected chi connectivity index (χ1v) is 6.99. The lowest BCUT2D eigenvalue weighted by atomic mass is 10.3. The molecule has 0 amide bonds. The lowest BCUT2D eigenvalue weighted by molar-refractivity contribution is -0.146. The Morgan fingerprint density at radius 2 is 1.90 bits per heavy atom. The molecule has 0 spiro atoms. The van der Waals surface area contributed by atoms with E-state index in [1.54, 1.807) is 0 Å². The van der Waals surface area contributed by atoms with Gasteiger partial charge in [-0.3, -0.25) is 4.79 Å². The van der Waals surface area contributed by atoms with Crippen LogP contribution in [0.5, 0.6) is 0 Å². The van der Waals surface area contributed by atoms with Gasteiger partial charge in [-0.25, -0.2) is 12.8 Å². The van der Waals surface area contributed by atoms with Crippen molar-refractivity contribution in [2.24, 2.45) is 0 Å². The molecule has 0 atom stereocenters. The van der Waals surface area contributed by atoms with E-state index in [2.05, 4.69) is 0 Å². The van der Waals surface area contributed by atoms with E-state index in [9.17, 15) is 30.8 Å². The Kier molecular flexibility index (Phi) is 5.18. The maximum Gasteiger partial charge on any atom is 0.402 e. The number of sulfonamides is 1. The number of nitrogens with zero attached hydrogens (tertiary/aromatic N) is 1.